The first-order valence-electron chi connectivity index (χ1n) is 8.27. The van der Waals surface area contributed by atoms with E-state index in [0.29, 0.717) is 0 Å². The summed E-state index contributed by atoms with van der Waals surface area (Å²) in [5.41, 5.74) is 0.0784. The van der Waals surface area contributed by atoms with Crippen molar-refractivity contribution < 1.29 is 18.5 Å². The molecule has 0 bridgehead atoms. The molecule has 2 aliphatic heterocycles. The van der Waals surface area contributed by atoms with Crippen LogP contribution < -0.4 is 5.32 Å². The SMILES string of the molecule is Cc1onc(-c2c(F)cccc2Cl)c1C(=O)N[C@@H]1C(=O)N2[CH]C(C)(C)S[C@H]12. The third-order valence-corrected chi connectivity index (χ3v) is 6.30. The quantitative estimate of drug-likeness (QED) is 0.788. The van der Waals surface area contributed by atoms with Gasteiger partial charge in [0.05, 0.1) is 17.1 Å². The molecule has 4 rings (SSSR count). The van der Waals surface area contributed by atoms with E-state index in [9.17, 15) is 14.0 Å². The molecular formula is C18H16ClFN3O3S. The van der Waals surface area contributed by atoms with E-state index in [-0.39, 0.29) is 43.6 Å². The number of thioether (sulfide) groups is 1. The third kappa shape index (κ3) is 2.91. The Balaban J connectivity index is 1.63. The molecule has 3 heterocycles. The first kappa shape index (κ1) is 18.3. The highest BCUT2D eigenvalue weighted by molar-refractivity contribution is 8.01. The summed E-state index contributed by atoms with van der Waals surface area (Å²) in [5.74, 6) is -1.12. The molecule has 0 aliphatic carbocycles. The van der Waals surface area contributed by atoms with Crippen molar-refractivity contribution in [2.45, 2.75) is 36.9 Å². The van der Waals surface area contributed by atoms with E-state index >= 15 is 0 Å². The summed E-state index contributed by atoms with van der Waals surface area (Å²) < 4.78 is 19.2. The third-order valence-electron chi connectivity index (χ3n) is 4.53. The molecule has 0 unspecified atom stereocenters. The van der Waals surface area contributed by atoms with Gasteiger partial charge >= 0.3 is 0 Å². The minimum absolute atomic E-state index is 0.00700. The van der Waals surface area contributed by atoms with E-state index in [1.54, 1.807) is 23.6 Å². The van der Waals surface area contributed by atoms with Gasteiger partial charge < -0.3 is 14.7 Å². The molecule has 6 nitrogen and oxygen atoms in total. The van der Waals surface area contributed by atoms with Crippen molar-refractivity contribution in [1.82, 2.24) is 15.4 Å². The summed E-state index contributed by atoms with van der Waals surface area (Å²) in [5, 5.41) is 6.51. The number of benzene rings is 1. The maximum absolute atomic E-state index is 14.3. The molecule has 2 saturated heterocycles. The van der Waals surface area contributed by atoms with Gasteiger partial charge in [0, 0.05) is 4.75 Å². The highest BCUT2D eigenvalue weighted by Crippen LogP contribution is 2.49. The molecule has 2 amide bonds. The minimum atomic E-state index is -0.654. The summed E-state index contributed by atoms with van der Waals surface area (Å²) in [7, 11) is 0. The predicted octanol–water partition coefficient (Wildman–Crippen LogP) is 3.40. The van der Waals surface area contributed by atoms with Gasteiger partial charge in [-0.15, -0.1) is 11.8 Å². The Labute approximate surface area is 164 Å². The van der Waals surface area contributed by atoms with Crippen molar-refractivity contribution in [2.24, 2.45) is 0 Å². The molecule has 2 aliphatic rings. The van der Waals surface area contributed by atoms with Crippen molar-refractivity contribution in [3.8, 4) is 11.3 Å². The summed E-state index contributed by atoms with van der Waals surface area (Å²) in [4.78, 5) is 26.8. The topological polar surface area (TPSA) is 75.4 Å². The number of nitrogens with zero attached hydrogens (tertiary/aromatic N) is 2. The Morgan fingerprint density at radius 2 is 2.19 bits per heavy atom. The number of carbonyl (C=O) groups is 2. The van der Waals surface area contributed by atoms with Crippen LogP contribution in [0.5, 0.6) is 0 Å². The van der Waals surface area contributed by atoms with Gasteiger partial charge in [0.1, 0.15) is 34.3 Å². The van der Waals surface area contributed by atoms with E-state index in [1.165, 1.54) is 18.2 Å². The number of nitrogens with one attached hydrogen (secondary N) is 1. The molecule has 2 fully saturated rings. The minimum Gasteiger partial charge on any atom is -0.360 e. The lowest BCUT2D eigenvalue weighted by molar-refractivity contribution is -0.142. The van der Waals surface area contributed by atoms with Crippen LogP contribution in [-0.4, -0.2) is 38.0 Å². The number of halogens is 2. The van der Waals surface area contributed by atoms with Crippen molar-refractivity contribution in [3.05, 3.63) is 46.9 Å². The maximum atomic E-state index is 14.3. The van der Waals surface area contributed by atoms with E-state index in [4.69, 9.17) is 16.1 Å². The number of carbonyl (C=O) groups excluding carboxylic acids is 2. The zero-order chi connectivity index (χ0) is 19.5. The number of amides is 2. The second kappa shape index (κ2) is 6.24. The van der Waals surface area contributed by atoms with Crippen LogP contribution in [-0.2, 0) is 4.79 Å². The molecule has 2 aromatic rings. The first-order chi connectivity index (χ1) is 12.7. The molecule has 0 saturated carbocycles. The van der Waals surface area contributed by atoms with Crippen LogP contribution in [0.1, 0.15) is 30.0 Å². The van der Waals surface area contributed by atoms with Gasteiger partial charge in [-0.3, -0.25) is 9.59 Å². The fraction of sp³-hybridized carbons (Fsp3) is 0.333. The van der Waals surface area contributed by atoms with Gasteiger partial charge in [0.2, 0.25) is 5.91 Å². The molecule has 141 valence electrons. The zero-order valence-corrected chi connectivity index (χ0v) is 16.3. The Bertz CT molecular complexity index is 941. The number of hydrogen-bond acceptors (Lipinski definition) is 5. The summed E-state index contributed by atoms with van der Waals surface area (Å²) in [6.07, 6.45) is 0. The van der Waals surface area contributed by atoms with Crippen LogP contribution in [0, 0.1) is 19.3 Å². The standard InChI is InChI=1S/C18H16ClFN3O3S/c1-8-11(13(22-26-8)12-9(19)5-4-6-10(12)20)15(24)21-14-16(25)23-7-18(2,3)27-17(14)23/h4-7,14,17H,1-3H3,(H,21,24)/t14-,17-/m1/s1. The molecule has 2 atom stereocenters. The van der Waals surface area contributed by atoms with Crippen molar-refractivity contribution in [2.75, 3.05) is 0 Å². The predicted molar refractivity (Wildman–Crippen MR) is 99.5 cm³/mol. The van der Waals surface area contributed by atoms with E-state index in [0.717, 1.165) is 0 Å². The average Bonchev–Trinajstić information content (AvgIpc) is 3.10. The second-order valence-electron chi connectivity index (χ2n) is 7.00. The van der Waals surface area contributed by atoms with Crippen molar-refractivity contribution >= 4 is 35.2 Å². The van der Waals surface area contributed by atoms with Gasteiger partial charge in [0.25, 0.3) is 5.91 Å². The first-order valence-corrected chi connectivity index (χ1v) is 9.53. The van der Waals surface area contributed by atoms with Crippen molar-refractivity contribution in [1.29, 1.82) is 0 Å². The smallest absolute Gasteiger partial charge is 0.257 e. The number of hydrogen-bond donors (Lipinski definition) is 1. The van der Waals surface area contributed by atoms with Crippen LogP contribution >= 0.6 is 23.4 Å². The van der Waals surface area contributed by atoms with Crippen LogP contribution in [0.4, 0.5) is 4.39 Å². The second-order valence-corrected chi connectivity index (χ2v) is 9.17. The molecular weight excluding hydrogens is 393 g/mol. The molecule has 0 spiro atoms. The van der Waals surface area contributed by atoms with Crippen LogP contribution in [0.2, 0.25) is 5.02 Å². The molecule has 1 aromatic heterocycles. The number of fused-ring (bicyclic) bond motifs is 1. The Hall–Kier alpha value is -2.06. The average molecular weight is 409 g/mol. The Morgan fingerprint density at radius 3 is 2.89 bits per heavy atom. The van der Waals surface area contributed by atoms with E-state index in [2.05, 4.69) is 10.5 Å². The highest BCUT2D eigenvalue weighted by atomic mass is 35.5. The lowest BCUT2D eigenvalue weighted by Crippen LogP contribution is -2.66. The molecule has 9 heteroatoms. The largest absolute Gasteiger partial charge is 0.360 e. The molecule has 1 radical (unpaired) electrons. The number of rotatable bonds is 3. The molecule has 1 aromatic carbocycles. The number of aromatic nitrogens is 1. The van der Waals surface area contributed by atoms with E-state index in [1.807, 2.05) is 20.4 Å². The highest BCUT2D eigenvalue weighted by Gasteiger charge is 2.57. The summed E-state index contributed by atoms with van der Waals surface area (Å²) in [6.45, 7) is 7.42. The summed E-state index contributed by atoms with van der Waals surface area (Å²) in [6, 6.07) is 3.54. The maximum Gasteiger partial charge on any atom is 0.257 e. The van der Waals surface area contributed by atoms with Crippen LogP contribution in [0.25, 0.3) is 11.3 Å². The lowest BCUT2D eigenvalue weighted by atomic mass is 10.0. The Morgan fingerprint density at radius 1 is 1.44 bits per heavy atom. The zero-order valence-electron chi connectivity index (χ0n) is 14.7. The fourth-order valence-electron chi connectivity index (χ4n) is 3.31. The van der Waals surface area contributed by atoms with Gasteiger partial charge in [0.15, 0.2) is 0 Å². The summed E-state index contributed by atoms with van der Waals surface area (Å²) >= 11 is 7.69. The molecule has 27 heavy (non-hydrogen) atoms. The lowest BCUT2D eigenvalue weighted by Gasteiger charge is -2.41. The number of aryl methyl sites for hydroxylation is 1. The fourth-order valence-corrected chi connectivity index (χ4v) is 4.95. The number of β-lactam (4-membered cyclic amide) rings is 1. The monoisotopic (exact) mass is 408 g/mol. The van der Waals surface area contributed by atoms with E-state index < -0.39 is 17.8 Å². The van der Waals surface area contributed by atoms with Gasteiger partial charge in [-0.1, -0.05) is 22.8 Å². The van der Waals surface area contributed by atoms with Gasteiger partial charge in [-0.25, -0.2) is 4.39 Å². The van der Waals surface area contributed by atoms with Gasteiger partial charge in [-0.2, -0.15) is 0 Å². The Kier molecular flexibility index (Phi) is 4.23. The van der Waals surface area contributed by atoms with Crippen LogP contribution in [0.15, 0.2) is 22.7 Å². The van der Waals surface area contributed by atoms with Gasteiger partial charge in [-0.05, 0) is 32.9 Å². The normalized spacial score (nSPS) is 23.1. The van der Waals surface area contributed by atoms with Crippen LogP contribution in [0.3, 0.4) is 0 Å². The molecule has 1 N–H and O–H groups in total. The van der Waals surface area contributed by atoms with Crippen molar-refractivity contribution in [3.63, 3.8) is 0 Å².